The Morgan fingerprint density at radius 2 is 1.60 bits per heavy atom. The van der Waals surface area contributed by atoms with E-state index in [1.54, 1.807) is 0 Å². The lowest BCUT2D eigenvalue weighted by atomic mass is 9.88. The van der Waals surface area contributed by atoms with Crippen LogP contribution in [0, 0.1) is 0 Å². The van der Waals surface area contributed by atoms with Crippen molar-refractivity contribution in [3.05, 3.63) is 0 Å². The Balaban J connectivity index is 2.00. The van der Waals surface area contributed by atoms with Crippen LogP contribution in [-0.4, -0.2) is 48.1 Å². The van der Waals surface area contributed by atoms with Gasteiger partial charge in [0.1, 0.15) is 0 Å². The summed E-state index contributed by atoms with van der Waals surface area (Å²) >= 11 is 0. The van der Waals surface area contributed by atoms with Crippen LogP contribution in [0.2, 0.25) is 0 Å². The molecule has 2 heterocycles. The Labute approximate surface area is 94.6 Å². The summed E-state index contributed by atoms with van der Waals surface area (Å²) in [5.74, 6) is 0. The molecule has 0 aromatic carbocycles. The molecule has 0 aromatic heterocycles. The lowest BCUT2D eigenvalue weighted by molar-refractivity contribution is 0.144. The summed E-state index contributed by atoms with van der Waals surface area (Å²) < 4.78 is 0. The van der Waals surface area contributed by atoms with Gasteiger partial charge in [-0.1, -0.05) is 0 Å². The van der Waals surface area contributed by atoms with Crippen molar-refractivity contribution in [1.82, 2.24) is 9.80 Å². The van der Waals surface area contributed by atoms with Crippen LogP contribution in [0.1, 0.15) is 46.0 Å². The molecule has 0 N–H and O–H groups in total. The van der Waals surface area contributed by atoms with E-state index in [0.717, 1.165) is 6.04 Å². The highest BCUT2D eigenvalue weighted by atomic mass is 15.2. The average molecular weight is 210 g/mol. The molecule has 0 radical (unpaired) electrons. The van der Waals surface area contributed by atoms with E-state index in [1.165, 1.54) is 51.7 Å². The fourth-order valence-electron chi connectivity index (χ4n) is 3.42. The van der Waals surface area contributed by atoms with E-state index in [4.69, 9.17) is 0 Å². The van der Waals surface area contributed by atoms with Crippen molar-refractivity contribution in [1.29, 1.82) is 0 Å². The molecule has 2 heteroatoms. The first kappa shape index (κ1) is 11.4. The lowest BCUT2D eigenvalue weighted by Crippen LogP contribution is -2.42. The molecule has 2 fully saturated rings. The quantitative estimate of drug-likeness (QED) is 0.655. The minimum Gasteiger partial charge on any atom is -0.301 e. The molecule has 2 nitrogen and oxygen atoms in total. The van der Waals surface area contributed by atoms with Gasteiger partial charge < -0.3 is 9.80 Å². The number of nitrogens with zero attached hydrogens (tertiary/aromatic N) is 2. The van der Waals surface area contributed by atoms with Crippen molar-refractivity contribution >= 4 is 0 Å². The number of hydrogen-bond acceptors (Lipinski definition) is 2. The van der Waals surface area contributed by atoms with Crippen LogP contribution < -0.4 is 0 Å². The average Bonchev–Trinajstić information content (AvgIpc) is 2.44. The summed E-state index contributed by atoms with van der Waals surface area (Å²) in [7, 11) is 2.33. The first-order valence-electron chi connectivity index (χ1n) is 6.59. The van der Waals surface area contributed by atoms with Crippen molar-refractivity contribution < 1.29 is 0 Å². The van der Waals surface area contributed by atoms with Crippen LogP contribution in [0.15, 0.2) is 0 Å². The van der Waals surface area contributed by atoms with E-state index >= 15 is 0 Å². The Hall–Kier alpha value is -0.0800. The molecule has 0 amide bonds. The largest absolute Gasteiger partial charge is 0.301 e. The van der Waals surface area contributed by atoms with Gasteiger partial charge in [-0.05, 0) is 66.1 Å². The number of rotatable bonds is 1. The van der Waals surface area contributed by atoms with Crippen LogP contribution >= 0.6 is 0 Å². The minimum atomic E-state index is 0.573. The molecule has 0 aromatic rings. The topological polar surface area (TPSA) is 6.48 Å². The van der Waals surface area contributed by atoms with Gasteiger partial charge in [-0.2, -0.15) is 0 Å². The zero-order valence-electron chi connectivity index (χ0n) is 10.6. The summed E-state index contributed by atoms with van der Waals surface area (Å²) in [5.41, 5.74) is 0.573. The van der Waals surface area contributed by atoms with Gasteiger partial charge in [0.15, 0.2) is 0 Å². The summed E-state index contributed by atoms with van der Waals surface area (Å²) in [5, 5.41) is 0. The molecule has 0 saturated carbocycles. The first-order valence-corrected chi connectivity index (χ1v) is 6.59. The third-order valence-corrected chi connectivity index (χ3v) is 4.63. The minimum absolute atomic E-state index is 0.573. The van der Waals surface area contributed by atoms with E-state index in [9.17, 15) is 0 Å². The van der Waals surface area contributed by atoms with Crippen molar-refractivity contribution in [2.24, 2.45) is 0 Å². The second-order valence-electron chi connectivity index (χ2n) is 5.73. The molecule has 88 valence electrons. The van der Waals surface area contributed by atoms with E-state index in [-0.39, 0.29) is 0 Å². The molecule has 2 saturated heterocycles. The molecule has 2 aliphatic heterocycles. The van der Waals surface area contributed by atoms with Gasteiger partial charge >= 0.3 is 0 Å². The van der Waals surface area contributed by atoms with Gasteiger partial charge in [0.25, 0.3) is 0 Å². The zero-order chi connectivity index (χ0) is 10.9. The summed E-state index contributed by atoms with van der Waals surface area (Å²) in [6, 6.07) is 0.729. The first-order chi connectivity index (χ1) is 7.14. The highest BCUT2D eigenvalue weighted by Crippen LogP contribution is 2.37. The van der Waals surface area contributed by atoms with E-state index in [2.05, 4.69) is 30.7 Å². The molecule has 2 aliphatic rings. The predicted octanol–water partition coefficient (Wildman–Crippen LogP) is 2.35. The fraction of sp³-hybridized carbons (Fsp3) is 1.00. The maximum absolute atomic E-state index is 2.65. The SMILES string of the molecule is CC(C)N1CCCC2(CCCN2C)CC1. The van der Waals surface area contributed by atoms with Crippen LogP contribution in [0.25, 0.3) is 0 Å². The Kier molecular flexibility index (Phi) is 3.36. The van der Waals surface area contributed by atoms with Crippen LogP contribution in [0.3, 0.4) is 0 Å². The number of likely N-dealkylation sites (tertiary alicyclic amines) is 2. The van der Waals surface area contributed by atoms with E-state index in [1.807, 2.05) is 0 Å². The Morgan fingerprint density at radius 1 is 0.933 bits per heavy atom. The van der Waals surface area contributed by atoms with E-state index in [0.29, 0.717) is 5.54 Å². The molecule has 1 atom stereocenters. The number of hydrogen-bond donors (Lipinski definition) is 0. The molecule has 15 heavy (non-hydrogen) atoms. The maximum Gasteiger partial charge on any atom is 0.0219 e. The molecule has 0 bridgehead atoms. The van der Waals surface area contributed by atoms with E-state index < -0.39 is 0 Å². The van der Waals surface area contributed by atoms with Gasteiger partial charge in [0, 0.05) is 18.1 Å². The molecule has 1 spiro atoms. The highest BCUT2D eigenvalue weighted by molar-refractivity contribution is 4.96. The monoisotopic (exact) mass is 210 g/mol. The van der Waals surface area contributed by atoms with Crippen molar-refractivity contribution in [2.75, 3.05) is 26.7 Å². The summed E-state index contributed by atoms with van der Waals surface area (Å²) in [6.07, 6.45) is 7.06. The third kappa shape index (κ3) is 2.21. The van der Waals surface area contributed by atoms with Crippen LogP contribution in [0.4, 0.5) is 0 Å². The smallest absolute Gasteiger partial charge is 0.0219 e. The normalized spacial score (nSPS) is 35.2. The standard InChI is InChI=1S/C13H26N2/c1-12(2)15-10-5-7-13(8-11-15)6-4-9-14(13)3/h12H,4-11H2,1-3H3. The van der Waals surface area contributed by atoms with Crippen LogP contribution in [0.5, 0.6) is 0 Å². The van der Waals surface area contributed by atoms with Gasteiger partial charge in [-0.3, -0.25) is 0 Å². The third-order valence-electron chi connectivity index (χ3n) is 4.63. The highest BCUT2D eigenvalue weighted by Gasteiger charge is 2.39. The maximum atomic E-state index is 2.65. The van der Waals surface area contributed by atoms with Gasteiger partial charge in [0.2, 0.25) is 0 Å². The van der Waals surface area contributed by atoms with Gasteiger partial charge in [-0.25, -0.2) is 0 Å². The molecule has 1 unspecified atom stereocenters. The van der Waals surface area contributed by atoms with Gasteiger partial charge in [0.05, 0.1) is 0 Å². The fourth-order valence-corrected chi connectivity index (χ4v) is 3.42. The van der Waals surface area contributed by atoms with Gasteiger partial charge in [-0.15, -0.1) is 0 Å². The molecule has 2 rings (SSSR count). The Morgan fingerprint density at radius 3 is 2.13 bits per heavy atom. The van der Waals surface area contributed by atoms with Crippen molar-refractivity contribution in [2.45, 2.75) is 57.5 Å². The van der Waals surface area contributed by atoms with Crippen LogP contribution in [-0.2, 0) is 0 Å². The Bertz CT molecular complexity index is 215. The van der Waals surface area contributed by atoms with Crippen molar-refractivity contribution in [3.63, 3.8) is 0 Å². The zero-order valence-corrected chi connectivity index (χ0v) is 10.6. The summed E-state index contributed by atoms with van der Waals surface area (Å²) in [4.78, 5) is 5.29. The second kappa shape index (κ2) is 4.42. The summed E-state index contributed by atoms with van der Waals surface area (Å²) in [6.45, 7) is 8.60. The molecule has 0 aliphatic carbocycles. The molecular formula is C13H26N2. The van der Waals surface area contributed by atoms with Crippen molar-refractivity contribution in [3.8, 4) is 0 Å². The molecular weight excluding hydrogens is 184 g/mol. The lowest BCUT2D eigenvalue weighted by Gasteiger charge is -2.35. The predicted molar refractivity (Wildman–Crippen MR) is 65.2 cm³/mol. The second-order valence-corrected chi connectivity index (χ2v) is 5.73.